The molecule has 0 spiro atoms. The predicted octanol–water partition coefficient (Wildman–Crippen LogP) is 4.46. The molecule has 19 heavy (non-hydrogen) atoms. The molecule has 1 aromatic carbocycles. The summed E-state index contributed by atoms with van der Waals surface area (Å²) in [5.41, 5.74) is 2.97. The summed E-state index contributed by atoms with van der Waals surface area (Å²) in [6.45, 7) is 10.6. The molecular weight excluding hydrogens is 234 g/mol. The predicted molar refractivity (Wildman–Crippen MR) is 81.4 cm³/mol. The lowest BCUT2D eigenvalue weighted by atomic mass is 9.91. The van der Waals surface area contributed by atoms with E-state index in [1.165, 1.54) is 24.1 Å². The number of para-hydroxylation sites is 1. The van der Waals surface area contributed by atoms with E-state index in [-0.39, 0.29) is 0 Å². The Kier molecular flexibility index (Phi) is 4.51. The molecule has 2 nitrogen and oxygen atoms in total. The Labute approximate surface area is 117 Å². The van der Waals surface area contributed by atoms with Crippen molar-refractivity contribution < 1.29 is 4.74 Å². The number of ether oxygens (including phenoxy) is 1. The number of hydrogen-bond acceptors (Lipinski definition) is 2. The minimum Gasteiger partial charge on any atom is -0.382 e. The second-order valence-electron chi connectivity index (χ2n) is 6.59. The molecule has 0 radical (unpaired) electrons. The molecule has 0 saturated heterocycles. The Balaban J connectivity index is 2.06. The number of hydrogen-bond donors (Lipinski definition) is 1. The van der Waals surface area contributed by atoms with Gasteiger partial charge in [-0.15, -0.1) is 0 Å². The molecule has 2 atom stereocenters. The van der Waals surface area contributed by atoms with Crippen molar-refractivity contribution in [2.24, 2.45) is 11.3 Å². The van der Waals surface area contributed by atoms with E-state index >= 15 is 0 Å². The fraction of sp³-hybridized carbons (Fsp3) is 0.647. The van der Waals surface area contributed by atoms with Crippen molar-refractivity contribution in [3.8, 4) is 0 Å². The topological polar surface area (TPSA) is 21.3 Å². The zero-order valence-corrected chi connectivity index (χ0v) is 12.7. The molecule has 1 fully saturated rings. The third kappa shape index (κ3) is 3.73. The summed E-state index contributed by atoms with van der Waals surface area (Å²) in [4.78, 5) is 0. The molecule has 1 aliphatic rings. The van der Waals surface area contributed by atoms with Gasteiger partial charge in [0.2, 0.25) is 0 Å². The number of benzene rings is 1. The Hall–Kier alpha value is -1.02. The van der Waals surface area contributed by atoms with E-state index in [1.54, 1.807) is 0 Å². The first-order valence-electron chi connectivity index (χ1n) is 7.44. The number of nitrogens with one attached hydrogen (secondary N) is 1. The van der Waals surface area contributed by atoms with Crippen molar-refractivity contribution >= 4 is 5.69 Å². The van der Waals surface area contributed by atoms with Crippen LogP contribution in [0, 0.1) is 11.3 Å². The molecule has 0 bridgehead atoms. The minimum absolute atomic E-state index is 0.464. The second-order valence-corrected chi connectivity index (χ2v) is 6.59. The molecule has 1 aromatic rings. The molecule has 0 amide bonds. The van der Waals surface area contributed by atoms with Crippen LogP contribution in [0.25, 0.3) is 0 Å². The van der Waals surface area contributed by atoms with Crippen molar-refractivity contribution in [3.63, 3.8) is 0 Å². The first kappa shape index (κ1) is 14.4. The lowest BCUT2D eigenvalue weighted by Crippen LogP contribution is -2.23. The lowest BCUT2D eigenvalue weighted by Gasteiger charge is -2.21. The van der Waals surface area contributed by atoms with E-state index in [0.29, 0.717) is 18.1 Å². The highest BCUT2D eigenvalue weighted by atomic mass is 16.5. The number of rotatable bonds is 5. The van der Waals surface area contributed by atoms with E-state index in [1.807, 2.05) is 6.92 Å². The Bertz CT molecular complexity index is 413. The highest BCUT2D eigenvalue weighted by molar-refractivity contribution is 5.51. The summed E-state index contributed by atoms with van der Waals surface area (Å²) in [5.74, 6) is 0.732. The van der Waals surface area contributed by atoms with Gasteiger partial charge in [0.1, 0.15) is 0 Å². The zero-order valence-electron chi connectivity index (χ0n) is 12.7. The van der Waals surface area contributed by atoms with Crippen LogP contribution in [0.4, 0.5) is 5.69 Å². The molecule has 0 heterocycles. The van der Waals surface area contributed by atoms with Gasteiger partial charge in [-0.2, -0.15) is 0 Å². The van der Waals surface area contributed by atoms with Crippen LogP contribution in [0.3, 0.4) is 0 Å². The summed E-state index contributed by atoms with van der Waals surface area (Å²) in [6.07, 6.45) is 2.55. The summed E-state index contributed by atoms with van der Waals surface area (Å²) in [5, 5.41) is 3.74. The van der Waals surface area contributed by atoms with Gasteiger partial charge in [-0.3, -0.25) is 0 Å². The molecule has 1 aliphatic carbocycles. The quantitative estimate of drug-likeness (QED) is 0.845. The Morgan fingerprint density at radius 2 is 2.00 bits per heavy atom. The molecule has 106 valence electrons. The van der Waals surface area contributed by atoms with Crippen molar-refractivity contribution in [1.29, 1.82) is 0 Å². The maximum Gasteiger partial charge on any atom is 0.0736 e. The van der Waals surface area contributed by atoms with Crippen molar-refractivity contribution in [1.82, 2.24) is 0 Å². The van der Waals surface area contributed by atoms with E-state index in [9.17, 15) is 0 Å². The maximum atomic E-state index is 5.55. The van der Waals surface area contributed by atoms with Gasteiger partial charge in [-0.1, -0.05) is 39.0 Å². The summed E-state index contributed by atoms with van der Waals surface area (Å²) >= 11 is 0. The van der Waals surface area contributed by atoms with Crippen LogP contribution in [0.5, 0.6) is 0 Å². The van der Waals surface area contributed by atoms with E-state index in [4.69, 9.17) is 4.74 Å². The van der Waals surface area contributed by atoms with Crippen molar-refractivity contribution in [3.05, 3.63) is 29.8 Å². The molecular formula is C17H27NO. The van der Waals surface area contributed by atoms with Gasteiger partial charge in [-0.05, 0) is 37.2 Å². The highest BCUT2D eigenvalue weighted by Gasteiger charge is 2.36. The molecule has 0 aliphatic heterocycles. The smallest absolute Gasteiger partial charge is 0.0736 e. The standard InChI is InChI=1S/C17H27NO/c1-5-19-12-14-8-6-7-9-15(14)18-16-11-17(3,4)10-13(16)2/h6-9,13,16,18H,5,10-12H2,1-4H3. The van der Waals surface area contributed by atoms with Gasteiger partial charge in [-0.25, -0.2) is 0 Å². The SMILES string of the molecule is CCOCc1ccccc1NC1CC(C)(C)CC1C. The monoisotopic (exact) mass is 261 g/mol. The van der Waals surface area contributed by atoms with Gasteiger partial charge in [0.15, 0.2) is 0 Å². The number of anilines is 1. The van der Waals surface area contributed by atoms with Crippen LogP contribution in [-0.4, -0.2) is 12.6 Å². The molecule has 1 N–H and O–H groups in total. The van der Waals surface area contributed by atoms with Gasteiger partial charge < -0.3 is 10.1 Å². The zero-order chi connectivity index (χ0) is 13.9. The van der Waals surface area contributed by atoms with Gasteiger partial charge >= 0.3 is 0 Å². The summed E-state index contributed by atoms with van der Waals surface area (Å²) < 4.78 is 5.55. The average molecular weight is 261 g/mol. The Morgan fingerprint density at radius 1 is 1.26 bits per heavy atom. The summed E-state index contributed by atoms with van der Waals surface area (Å²) in [6, 6.07) is 9.09. The van der Waals surface area contributed by atoms with Crippen molar-refractivity contribution in [2.75, 3.05) is 11.9 Å². The highest BCUT2D eigenvalue weighted by Crippen LogP contribution is 2.42. The van der Waals surface area contributed by atoms with E-state index in [0.717, 1.165) is 12.5 Å². The van der Waals surface area contributed by atoms with E-state index in [2.05, 4.69) is 50.4 Å². The Morgan fingerprint density at radius 3 is 2.63 bits per heavy atom. The van der Waals surface area contributed by atoms with Crippen LogP contribution in [0.15, 0.2) is 24.3 Å². The van der Waals surface area contributed by atoms with Crippen LogP contribution < -0.4 is 5.32 Å². The van der Waals surface area contributed by atoms with Crippen LogP contribution in [-0.2, 0) is 11.3 Å². The fourth-order valence-electron chi connectivity index (χ4n) is 3.29. The molecule has 2 rings (SSSR count). The maximum absolute atomic E-state index is 5.55. The first-order chi connectivity index (χ1) is 9.02. The summed E-state index contributed by atoms with van der Waals surface area (Å²) in [7, 11) is 0. The van der Waals surface area contributed by atoms with Gasteiger partial charge in [0, 0.05) is 23.9 Å². The van der Waals surface area contributed by atoms with Crippen LogP contribution >= 0.6 is 0 Å². The van der Waals surface area contributed by atoms with E-state index < -0.39 is 0 Å². The molecule has 0 aromatic heterocycles. The van der Waals surface area contributed by atoms with Crippen LogP contribution in [0.2, 0.25) is 0 Å². The largest absolute Gasteiger partial charge is 0.382 e. The molecule has 2 heteroatoms. The molecule has 1 saturated carbocycles. The molecule has 2 unspecified atom stereocenters. The van der Waals surface area contributed by atoms with Crippen LogP contribution in [0.1, 0.15) is 46.1 Å². The van der Waals surface area contributed by atoms with Gasteiger partial charge in [0.05, 0.1) is 6.61 Å². The average Bonchev–Trinajstić information content (AvgIpc) is 2.61. The normalized spacial score (nSPS) is 25.5. The van der Waals surface area contributed by atoms with Gasteiger partial charge in [0.25, 0.3) is 0 Å². The van der Waals surface area contributed by atoms with Crippen molar-refractivity contribution in [2.45, 2.75) is 53.2 Å². The third-order valence-electron chi connectivity index (χ3n) is 4.15. The minimum atomic E-state index is 0.464. The first-order valence-corrected chi connectivity index (χ1v) is 7.44. The third-order valence-corrected chi connectivity index (χ3v) is 4.15. The second kappa shape index (κ2) is 5.96. The fourth-order valence-corrected chi connectivity index (χ4v) is 3.29. The lowest BCUT2D eigenvalue weighted by molar-refractivity contribution is 0.134.